The number of hydrogen-bond donors (Lipinski definition) is 1. The number of nitrogens with one attached hydrogen (secondary N) is 1. The zero-order chi connectivity index (χ0) is 26.7. The van der Waals surface area contributed by atoms with Gasteiger partial charge in [0.2, 0.25) is 0 Å². The molecule has 2 amide bonds. The highest BCUT2D eigenvalue weighted by Crippen LogP contribution is 2.66. The van der Waals surface area contributed by atoms with Crippen molar-refractivity contribution in [2.75, 3.05) is 37.5 Å². The number of benzene rings is 3. The Kier molecular flexibility index (Phi) is 5.97. The highest BCUT2D eigenvalue weighted by atomic mass is 32.2. The number of fused-ring (bicyclic) bond motifs is 3. The minimum absolute atomic E-state index is 0.200. The second-order valence-electron chi connectivity index (χ2n) is 9.59. The van der Waals surface area contributed by atoms with Crippen molar-refractivity contribution in [3.05, 3.63) is 83.9 Å². The number of ether oxygens (including phenoxy) is 2. The van der Waals surface area contributed by atoms with E-state index in [0.717, 1.165) is 22.6 Å². The van der Waals surface area contributed by atoms with E-state index < -0.39 is 10.3 Å². The Balaban J connectivity index is 1.56. The first-order valence-electron chi connectivity index (χ1n) is 12.4. The van der Waals surface area contributed by atoms with Crippen LogP contribution in [0.1, 0.15) is 24.0 Å². The number of thioether (sulfide) groups is 1. The molecule has 3 unspecified atom stereocenters. The van der Waals surface area contributed by atoms with E-state index in [2.05, 4.69) is 5.32 Å². The van der Waals surface area contributed by atoms with Crippen LogP contribution in [-0.2, 0) is 15.1 Å². The second kappa shape index (κ2) is 9.11. The van der Waals surface area contributed by atoms with Gasteiger partial charge in [-0.1, -0.05) is 54.3 Å². The van der Waals surface area contributed by atoms with Gasteiger partial charge < -0.3 is 14.8 Å². The number of carbonyl (C=O) groups is 2. The van der Waals surface area contributed by atoms with Gasteiger partial charge in [-0.3, -0.25) is 19.4 Å². The largest absolute Gasteiger partial charge is 0.497 e. The number of amides is 2. The van der Waals surface area contributed by atoms with Gasteiger partial charge in [-0.25, -0.2) is 0 Å². The summed E-state index contributed by atoms with van der Waals surface area (Å²) in [5, 5.41) is 3.07. The Morgan fingerprint density at radius 1 is 1.03 bits per heavy atom. The summed E-state index contributed by atoms with van der Waals surface area (Å²) in [6.07, 6.45) is 0. The third-order valence-corrected chi connectivity index (χ3v) is 9.69. The molecule has 0 saturated carbocycles. The lowest BCUT2D eigenvalue weighted by Crippen LogP contribution is -2.61. The molecule has 2 saturated heterocycles. The number of rotatable bonds is 5. The molecule has 3 aromatic rings. The van der Waals surface area contributed by atoms with Crippen molar-refractivity contribution in [1.82, 2.24) is 4.90 Å². The second-order valence-corrected chi connectivity index (χ2v) is 11.5. The van der Waals surface area contributed by atoms with Gasteiger partial charge in [0.05, 0.1) is 19.4 Å². The lowest BCUT2D eigenvalue weighted by Gasteiger charge is -2.41. The lowest BCUT2D eigenvalue weighted by atomic mass is 9.72. The third kappa shape index (κ3) is 3.22. The van der Waals surface area contributed by atoms with Crippen LogP contribution in [0.5, 0.6) is 11.5 Å². The summed E-state index contributed by atoms with van der Waals surface area (Å²) in [6.45, 7) is 2.96. The molecule has 3 aromatic carbocycles. The first-order valence-corrected chi connectivity index (χ1v) is 13.7. The maximum atomic E-state index is 14.9. The number of hydrogen-bond acceptors (Lipinski definition) is 7. The van der Waals surface area contributed by atoms with Gasteiger partial charge in [-0.15, -0.1) is 0 Å². The van der Waals surface area contributed by atoms with E-state index in [9.17, 15) is 9.59 Å². The standard InChI is InChI=1S/C29H27N3O4S2/c1-4-36-21-15-11-19(12-16-21)32-26(34)29(38-27(32)37)23(18-9-13-20(35-3)14-10-18)17-31(2)28(29)22-7-5-6-8-24(22)30-25(28)33/h5-16,23H,4,17H2,1-3H3,(H,30,33). The Bertz CT molecular complexity index is 1440. The summed E-state index contributed by atoms with van der Waals surface area (Å²) in [6, 6.07) is 22.7. The van der Waals surface area contributed by atoms with Crippen LogP contribution in [0.4, 0.5) is 11.4 Å². The fourth-order valence-corrected chi connectivity index (χ4v) is 8.42. The number of para-hydroxylation sites is 1. The first-order chi connectivity index (χ1) is 18.4. The van der Waals surface area contributed by atoms with Crippen LogP contribution in [0.25, 0.3) is 0 Å². The Hall–Kier alpha value is -3.40. The Labute approximate surface area is 231 Å². The Morgan fingerprint density at radius 3 is 2.39 bits per heavy atom. The maximum Gasteiger partial charge on any atom is 0.252 e. The van der Waals surface area contributed by atoms with Crippen molar-refractivity contribution in [2.24, 2.45) is 0 Å². The number of thiocarbonyl (C=S) groups is 1. The zero-order valence-electron chi connectivity index (χ0n) is 21.3. The van der Waals surface area contributed by atoms with E-state index in [1.807, 2.05) is 91.7 Å². The molecule has 0 bridgehead atoms. The van der Waals surface area contributed by atoms with E-state index in [1.165, 1.54) is 11.8 Å². The molecule has 0 aliphatic carbocycles. The van der Waals surface area contributed by atoms with Gasteiger partial charge in [0.1, 0.15) is 20.6 Å². The van der Waals surface area contributed by atoms with E-state index in [0.29, 0.717) is 28.9 Å². The summed E-state index contributed by atoms with van der Waals surface area (Å²) < 4.78 is 10.2. The molecule has 3 heterocycles. The number of methoxy groups -OCH3 is 1. The van der Waals surface area contributed by atoms with E-state index >= 15 is 0 Å². The summed E-state index contributed by atoms with van der Waals surface area (Å²) in [7, 11) is 3.54. The summed E-state index contributed by atoms with van der Waals surface area (Å²) in [5.41, 5.74) is 1.86. The molecule has 1 N–H and O–H groups in total. The fraction of sp³-hybridized carbons (Fsp3) is 0.276. The number of carbonyl (C=O) groups excluding carboxylic acids is 2. The molecular formula is C29H27N3O4S2. The van der Waals surface area contributed by atoms with Crippen LogP contribution in [0, 0.1) is 0 Å². The molecule has 2 spiro atoms. The van der Waals surface area contributed by atoms with Crippen molar-refractivity contribution in [3.63, 3.8) is 0 Å². The average Bonchev–Trinajstić information content (AvgIpc) is 3.48. The SMILES string of the molecule is CCOc1ccc(N2C(=O)C3(SC2=S)C(c2ccc(OC)cc2)CN(C)C32C(=O)Nc3ccccc32)cc1. The number of likely N-dealkylation sites (tertiary alicyclic amines) is 1. The highest BCUT2D eigenvalue weighted by molar-refractivity contribution is 8.25. The average molecular weight is 546 g/mol. The van der Waals surface area contributed by atoms with Crippen molar-refractivity contribution in [1.29, 1.82) is 0 Å². The van der Waals surface area contributed by atoms with Gasteiger partial charge in [0.15, 0.2) is 5.54 Å². The maximum absolute atomic E-state index is 14.9. The van der Waals surface area contributed by atoms with Gasteiger partial charge in [-0.05, 0) is 62.0 Å². The Morgan fingerprint density at radius 2 is 1.71 bits per heavy atom. The smallest absolute Gasteiger partial charge is 0.252 e. The topological polar surface area (TPSA) is 71.1 Å². The molecular weight excluding hydrogens is 518 g/mol. The van der Waals surface area contributed by atoms with Crippen LogP contribution >= 0.6 is 24.0 Å². The fourth-order valence-electron chi connectivity index (χ4n) is 6.25. The molecule has 3 aliphatic heterocycles. The minimum atomic E-state index is -1.25. The molecule has 38 heavy (non-hydrogen) atoms. The predicted octanol–water partition coefficient (Wildman–Crippen LogP) is 4.77. The summed E-state index contributed by atoms with van der Waals surface area (Å²) in [4.78, 5) is 32.6. The van der Waals surface area contributed by atoms with Gasteiger partial charge in [0, 0.05) is 23.7 Å². The molecule has 194 valence electrons. The van der Waals surface area contributed by atoms with Crippen LogP contribution < -0.4 is 19.7 Å². The number of anilines is 2. The van der Waals surface area contributed by atoms with E-state index in [4.69, 9.17) is 21.7 Å². The summed E-state index contributed by atoms with van der Waals surface area (Å²) in [5.74, 6) is 0.708. The third-order valence-electron chi connectivity index (χ3n) is 7.83. The quantitative estimate of drug-likeness (QED) is 0.463. The van der Waals surface area contributed by atoms with Crippen molar-refractivity contribution >= 4 is 51.5 Å². The summed E-state index contributed by atoms with van der Waals surface area (Å²) >= 11 is 7.22. The van der Waals surface area contributed by atoms with Crippen molar-refractivity contribution in [2.45, 2.75) is 23.1 Å². The van der Waals surface area contributed by atoms with Gasteiger partial charge in [0.25, 0.3) is 11.8 Å². The van der Waals surface area contributed by atoms with Crippen LogP contribution in [0.15, 0.2) is 72.8 Å². The molecule has 3 atom stereocenters. The molecule has 0 aromatic heterocycles. The van der Waals surface area contributed by atoms with E-state index in [1.54, 1.807) is 12.0 Å². The van der Waals surface area contributed by atoms with Gasteiger partial charge >= 0.3 is 0 Å². The van der Waals surface area contributed by atoms with Gasteiger partial charge in [-0.2, -0.15) is 0 Å². The monoisotopic (exact) mass is 545 g/mol. The highest BCUT2D eigenvalue weighted by Gasteiger charge is 2.77. The number of nitrogens with zero attached hydrogens (tertiary/aromatic N) is 2. The molecule has 2 fully saturated rings. The first kappa shape index (κ1) is 24.9. The lowest BCUT2D eigenvalue weighted by molar-refractivity contribution is -0.132. The van der Waals surface area contributed by atoms with Crippen LogP contribution in [-0.4, -0.2) is 53.1 Å². The van der Waals surface area contributed by atoms with Crippen molar-refractivity contribution in [3.8, 4) is 11.5 Å². The predicted molar refractivity (Wildman–Crippen MR) is 153 cm³/mol. The number of likely N-dealkylation sites (N-methyl/N-ethyl adjacent to an activating group) is 1. The minimum Gasteiger partial charge on any atom is -0.497 e. The zero-order valence-corrected chi connectivity index (χ0v) is 22.9. The normalized spacial score (nSPS) is 26.3. The molecule has 7 nitrogen and oxygen atoms in total. The molecule has 3 aliphatic rings. The molecule has 9 heteroatoms. The van der Waals surface area contributed by atoms with Crippen LogP contribution in [0.2, 0.25) is 0 Å². The molecule has 6 rings (SSSR count). The van der Waals surface area contributed by atoms with Crippen molar-refractivity contribution < 1.29 is 19.1 Å². The van der Waals surface area contributed by atoms with E-state index in [-0.39, 0.29) is 17.7 Å². The van der Waals surface area contributed by atoms with Crippen LogP contribution in [0.3, 0.4) is 0 Å². The molecule has 0 radical (unpaired) electrons.